The Morgan fingerprint density at radius 1 is 0.435 bits per heavy atom. The second-order valence-electron chi connectivity index (χ2n) is 11.5. The number of ether oxygens (including phenoxy) is 3. The van der Waals surface area contributed by atoms with Gasteiger partial charge in [0.1, 0.15) is 18.3 Å². The highest BCUT2D eigenvalue weighted by molar-refractivity contribution is 8.25. The Bertz CT molecular complexity index is 1290. The molecule has 0 aromatic heterocycles. The zero-order chi connectivity index (χ0) is 34.8. The van der Waals surface area contributed by atoms with Crippen LogP contribution in [0.2, 0.25) is 0 Å². The summed E-state index contributed by atoms with van der Waals surface area (Å²) in [6, 6.07) is 0. The Morgan fingerprint density at radius 2 is 0.630 bits per heavy atom. The molecule has 3 saturated carbocycles. The maximum absolute atomic E-state index is 15.3. The Balaban J connectivity index is 2.12. The van der Waals surface area contributed by atoms with Crippen LogP contribution in [0.25, 0.3) is 0 Å². The van der Waals surface area contributed by atoms with Gasteiger partial charge in [-0.25, -0.2) is 39.6 Å². The van der Waals surface area contributed by atoms with E-state index in [4.69, 9.17) is 0 Å². The van der Waals surface area contributed by atoms with Gasteiger partial charge in [-0.3, -0.25) is 0 Å². The molecule has 0 bridgehead atoms. The molecule has 46 heavy (non-hydrogen) atoms. The normalized spacial score (nSPS) is 20.7. The van der Waals surface area contributed by atoms with Crippen molar-refractivity contribution < 1.29 is 80.2 Å². The summed E-state index contributed by atoms with van der Waals surface area (Å²) in [7, 11) is -23.8. The number of alkyl halides is 6. The molecule has 3 rings (SSSR count). The highest BCUT2D eigenvalue weighted by atomic mass is 32.3. The Hall–Kier alpha value is -2.16. The lowest BCUT2D eigenvalue weighted by molar-refractivity contribution is -0.168. The third-order valence-corrected chi connectivity index (χ3v) is 16.7. The second-order valence-corrected chi connectivity index (χ2v) is 18.6. The summed E-state index contributed by atoms with van der Waals surface area (Å²) in [6.07, 6.45) is -1.33. The van der Waals surface area contributed by atoms with Crippen molar-refractivity contribution in [1.29, 1.82) is 0 Å². The van der Waals surface area contributed by atoms with Gasteiger partial charge in [0.2, 0.25) is 0 Å². The van der Waals surface area contributed by atoms with Crippen molar-refractivity contribution >= 4 is 47.4 Å². The molecule has 0 radical (unpaired) electrons. The second kappa shape index (κ2) is 14.1. The first-order valence-corrected chi connectivity index (χ1v) is 19.2. The van der Waals surface area contributed by atoms with Crippen LogP contribution in [-0.4, -0.2) is 81.2 Å². The first-order chi connectivity index (χ1) is 21.1. The van der Waals surface area contributed by atoms with Gasteiger partial charge in [-0.15, -0.1) is 0 Å². The van der Waals surface area contributed by atoms with Crippen molar-refractivity contribution in [2.75, 3.05) is 0 Å². The maximum Gasteiger partial charge on any atom is 0.442 e. The van der Waals surface area contributed by atoms with Crippen molar-refractivity contribution in [1.82, 2.24) is 0 Å². The summed E-state index contributed by atoms with van der Waals surface area (Å²) >= 11 is 0. The van der Waals surface area contributed by atoms with Crippen molar-refractivity contribution in [3.8, 4) is 0 Å². The monoisotopic (exact) mass is 736 g/mol. The summed E-state index contributed by atoms with van der Waals surface area (Å²) in [5.41, 5.74) is 0. The molecule has 0 amide bonds. The van der Waals surface area contributed by atoms with Crippen LogP contribution in [0.3, 0.4) is 0 Å². The zero-order valence-electron chi connectivity index (χ0n) is 24.3. The molecule has 3 aliphatic carbocycles. The van der Waals surface area contributed by atoms with Crippen LogP contribution in [0.4, 0.5) is 26.3 Å². The molecule has 266 valence electrons. The first kappa shape index (κ1) is 38.3. The molecular weight excluding hydrogens is 702 g/mol. The van der Waals surface area contributed by atoms with Crippen LogP contribution in [0, 0.1) is 0 Å². The summed E-state index contributed by atoms with van der Waals surface area (Å²) in [5.74, 6) is -9.43. The SMILES string of the molecule is O=C(OC1CCCCC1)C(F)(F)S(=O)(=O)C(S(=O)(=O)C(F)(F)C(=O)OC1CCCCC1)S(=O)(=O)C(F)(F)C(=O)OC1CCCCC1. The van der Waals surface area contributed by atoms with E-state index in [2.05, 4.69) is 14.2 Å². The fourth-order valence-corrected chi connectivity index (χ4v) is 13.2. The molecule has 3 fully saturated rings. The van der Waals surface area contributed by atoms with Crippen LogP contribution in [0.15, 0.2) is 0 Å². The molecule has 0 aliphatic heterocycles. The predicted molar refractivity (Wildman–Crippen MR) is 144 cm³/mol. The van der Waals surface area contributed by atoms with E-state index >= 15 is 26.3 Å². The van der Waals surface area contributed by atoms with Gasteiger partial charge in [0.05, 0.1) is 0 Å². The number of hydrogen-bond donors (Lipinski definition) is 0. The fourth-order valence-electron chi connectivity index (χ4n) is 5.42. The van der Waals surface area contributed by atoms with Gasteiger partial charge in [0, 0.05) is 0 Å². The minimum atomic E-state index is -7.92. The Kier molecular flexibility index (Phi) is 11.8. The zero-order valence-corrected chi connectivity index (χ0v) is 26.8. The van der Waals surface area contributed by atoms with E-state index in [-0.39, 0.29) is 38.5 Å². The summed E-state index contributed by atoms with van der Waals surface area (Å²) in [5, 5.41) is -19.1. The first-order valence-electron chi connectivity index (χ1n) is 14.6. The standard InChI is InChI=1S/C25H34F6O12S3/c26-23(27,19(32)41-16-10-4-1-5-11-16)44(35,36)22(45(37,38)24(28,29)20(33)42-17-12-6-2-7-13-17)46(39,40)25(30,31)21(34)43-18-14-8-3-9-15-18/h16-18,22H,1-15H2. The number of sulfone groups is 3. The van der Waals surface area contributed by atoms with E-state index in [0.717, 1.165) is 0 Å². The van der Waals surface area contributed by atoms with E-state index in [1.807, 2.05) is 0 Å². The molecule has 0 saturated heterocycles. The molecule has 0 atom stereocenters. The number of carbonyl (C=O) groups excluding carboxylic acids is 3. The minimum absolute atomic E-state index is 0.0992. The van der Waals surface area contributed by atoms with Crippen LogP contribution in [0.5, 0.6) is 0 Å². The maximum atomic E-state index is 15.3. The van der Waals surface area contributed by atoms with Crippen molar-refractivity contribution in [3.63, 3.8) is 0 Å². The molecular formula is C25H34F6O12S3. The number of halogens is 6. The molecule has 0 heterocycles. The third kappa shape index (κ3) is 7.44. The van der Waals surface area contributed by atoms with Gasteiger partial charge in [-0.2, -0.15) is 26.3 Å². The Labute approximate surface area is 261 Å². The smallest absolute Gasteiger partial charge is 0.442 e. The van der Waals surface area contributed by atoms with Crippen LogP contribution < -0.4 is 0 Å². The summed E-state index contributed by atoms with van der Waals surface area (Å²) < 4.78 is 177. The van der Waals surface area contributed by atoms with E-state index in [0.29, 0.717) is 57.8 Å². The number of esters is 3. The lowest BCUT2D eigenvalue weighted by Crippen LogP contribution is -2.60. The summed E-state index contributed by atoms with van der Waals surface area (Å²) in [6.45, 7) is 0. The van der Waals surface area contributed by atoms with Crippen LogP contribution in [0.1, 0.15) is 96.3 Å². The van der Waals surface area contributed by atoms with Gasteiger partial charge >= 0.3 is 33.7 Å². The predicted octanol–water partition coefficient (Wildman–Crippen LogP) is 3.92. The van der Waals surface area contributed by atoms with Crippen LogP contribution in [-0.2, 0) is 58.1 Å². The number of rotatable bonds is 12. The molecule has 0 N–H and O–H groups in total. The third-order valence-electron chi connectivity index (χ3n) is 8.02. The van der Waals surface area contributed by atoms with E-state index in [9.17, 15) is 39.6 Å². The van der Waals surface area contributed by atoms with Crippen molar-refractivity contribution in [3.05, 3.63) is 0 Å². The molecule has 0 unspecified atom stereocenters. The fraction of sp³-hybridized carbons (Fsp3) is 0.880. The van der Waals surface area contributed by atoms with E-state index in [1.54, 1.807) is 0 Å². The largest absolute Gasteiger partial charge is 0.457 e. The van der Waals surface area contributed by atoms with Crippen molar-refractivity contribution in [2.24, 2.45) is 0 Å². The lowest BCUT2D eigenvalue weighted by Gasteiger charge is -2.30. The lowest BCUT2D eigenvalue weighted by atomic mass is 9.98. The van der Waals surface area contributed by atoms with Crippen LogP contribution >= 0.6 is 0 Å². The quantitative estimate of drug-likeness (QED) is 0.160. The van der Waals surface area contributed by atoms with Gasteiger partial charge in [-0.1, -0.05) is 19.3 Å². The summed E-state index contributed by atoms with van der Waals surface area (Å²) in [4.78, 5) is 37.0. The van der Waals surface area contributed by atoms with Gasteiger partial charge in [0.15, 0.2) is 0 Å². The molecule has 0 aromatic rings. The highest BCUT2D eigenvalue weighted by Crippen LogP contribution is 2.44. The molecule has 0 aromatic carbocycles. The van der Waals surface area contributed by atoms with E-state index < -0.39 is 85.4 Å². The van der Waals surface area contributed by atoms with Gasteiger partial charge in [0.25, 0.3) is 33.4 Å². The topological polar surface area (TPSA) is 181 Å². The minimum Gasteiger partial charge on any atom is -0.457 e. The van der Waals surface area contributed by atoms with Gasteiger partial charge in [-0.05, 0) is 77.0 Å². The average Bonchev–Trinajstić information content (AvgIpc) is 2.97. The molecule has 21 heteroatoms. The molecule has 12 nitrogen and oxygen atoms in total. The molecule has 3 aliphatic rings. The highest BCUT2D eigenvalue weighted by Gasteiger charge is 2.77. The van der Waals surface area contributed by atoms with Crippen molar-refractivity contribution in [2.45, 2.75) is 134 Å². The van der Waals surface area contributed by atoms with E-state index in [1.165, 1.54) is 0 Å². The Morgan fingerprint density at radius 3 is 0.826 bits per heavy atom. The van der Waals surface area contributed by atoms with Gasteiger partial charge < -0.3 is 14.2 Å². The molecule has 0 spiro atoms. The average molecular weight is 737 g/mol. The number of hydrogen-bond acceptors (Lipinski definition) is 12. The number of carbonyl (C=O) groups is 3.